The average molecular weight is 469 g/mol. The quantitative estimate of drug-likeness (QED) is 0.206. The number of nitrogens with two attached hydrogens (primary N) is 1. The van der Waals surface area contributed by atoms with Crippen LogP contribution in [0, 0.1) is 0 Å². The van der Waals surface area contributed by atoms with E-state index in [1.807, 2.05) is 18.8 Å². The highest BCUT2D eigenvalue weighted by Crippen LogP contribution is 2.05. The molecule has 168 valence electrons. The van der Waals surface area contributed by atoms with Crippen molar-refractivity contribution in [2.75, 3.05) is 42.6 Å². The number of carbonyl (C=O) groups is 4. The lowest BCUT2D eigenvalue weighted by Crippen LogP contribution is -2.54. The van der Waals surface area contributed by atoms with Crippen LogP contribution in [0.3, 0.4) is 0 Å². The summed E-state index contributed by atoms with van der Waals surface area (Å²) in [6, 6.07) is -2.59. The largest absolute Gasteiger partial charge is 0.480 e. The van der Waals surface area contributed by atoms with Gasteiger partial charge in [-0.1, -0.05) is 0 Å². The number of amides is 3. The maximum absolute atomic E-state index is 12.5. The van der Waals surface area contributed by atoms with Gasteiger partial charge in [0.05, 0.1) is 12.6 Å². The van der Waals surface area contributed by atoms with E-state index in [4.69, 9.17) is 5.73 Å². The molecule has 9 nitrogen and oxygen atoms in total. The van der Waals surface area contributed by atoms with Crippen molar-refractivity contribution in [1.29, 1.82) is 0 Å². The van der Waals surface area contributed by atoms with Crippen LogP contribution in [0.5, 0.6) is 0 Å². The van der Waals surface area contributed by atoms with E-state index >= 15 is 0 Å². The lowest BCUT2D eigenvalue weighted by atomic mass is 10.1. The van der Waals surface area contributed by atoms with Gasteiger partial charge in [0.15, 0.2) is 0 Å². The second-order valence-electron chi connectivity index (χ2n) is 6.19. The number of nitrogens with one attached hydrogen (secondary N) is 3. The molecule has 0 bridgehead atoms. The van der Waals surface area contributed by atoms with Crippen molar-refractivity contribution in [3.8, 4) is 0 Å². The molecule has 0 aromatic rings. The minimum atomic E-state index is -1.12. The first kappa shape index (κ1) is 27.9. The number of hydrogen-bond donors (Lipinski definition) is 5. The highest BCUT2D eigenvalue weighted by molar-refractivity contribution is 7.98. The van der Waals surface area contributed by atoms with Crippen molar-refractivity contribution in [2.24, 2.45) is 5.73 Å². The van der Waals surface area contributed by atoms with Crippen LogP contribution < -0.4 is 21.7 Å². The Balaban J connectivity index is 4.75. The van der Waals surface area contributed by atoms with E-state index in [0.29, 0.717) is 24.3 Å². The van der Waals surface area contributed by atoms with Crippen molar-refractivity contribution in [1.82, 2.24) is 16.0 Å². The molecule has 12 heteroatoms. The van der Waals surface area contributed by atoms with Gasteiger partial charge in [-0.2, -0.15) is 35.3 Å². The highest BCUT2D eigenvalue weighted by atomic mass is 32.2. The Labute approximate surface area is 184 Å². The van der Waals surface area contributed by atoms with Crippen LogP contribution in [0.1, 0.15) is 19.3 Å². The standard InChI is InChI=1S/C17H32N4O5S3/c1-27-7-4-11(18)15(23)19-10-14(22)20-12(5-8-28-2)16(24)21-13(17(25)26)6-9-29-3/h11-13H,4-10,18H2,1-3H3,(H,19,23)(H,20,22)(H,21,24)(H,25,26)/t11-,12+,13+/m0/s1. The second kappa shape index (κ2) is 16.7. The number of aliphatic carboxylic acids is 1. The zero-order valence-electron chi connectivity index (χ0n) is 17.1. The van der Waals surface area contributed by atoms with Crippen LogP contribution >= 0.6 is 35.3 Å². The van der Waals surface area contributed by atoms with Gasteiger partial charge in [-0.3, -0.25) is 14.4 Å². The van der Waals surface area contributed by atoms with Gasteiger partial charge in [-0.25, -0.2) is 4.79 Å². The van der Waals surface area contributed by atoms with Crippen LogP contribution in [-0.2, 0) is 19.2 Å². The van der Waals surface area contributed by atoms with Gasteiger partial charge in [0, 0.05) is 0 Å². The molecule has 0 aliphatic carbocycles. The summed E-state index contributed by atoms with van der Waals surface area (Å²) in [5.41, 5.74) is 5.75. The van der Waals surface area contributed by atoms with Gasteiger partial charge < -0.3 is 26.8 Å². The second-order valence-corrected chi connectivity index (χ2v) is 9.15. The van der Waals surface area contributed by atoms with E-state index in [9.17, 15) is 24.3 Å². The van der Waals surface area contributed by atoms with E-state index in [1.54, 1.807) is 11.8 Å². The minimum Gasteiger partial charge on any atom is -0.480 e. The Kier molecular flexibility index (Phi) is 16.0. The third-order valence-corrected chi connectivity index (χ3v) is 5.81. The Morgan fingerprint density at radius 1 is 0.828 bits per heavy atom. The summed E-state index contributed by atoms with van der Waals surface area (Å²) in [5, 5.41) is 16.8. The molecule has 0 radical (unpaired) electrons. The molecular formula is C17H32N4O5S3. The first-order chi connectivity index (χ1) is 13.8. The number of carboxylic acids is 1. The first-order valence-electron chi connectivity index (χ1n) is 9.09. The molecule has 0 fully saturated rings. The van der Waals surface area contributed by atoms with Crippen molar-refractivity contribution in [3.63, 3.8) is 0 Å². The van der Waals surface area contributed by atoms with E-state index in [-0.39, 0.29) is 13.0 Å². The van der Waals surface area contributed by atoms with Crippen molar-refractivity contribution < 1.29 is 24.3 Å². The summed E-state index contributed by atoms with van der Waals surface area (Å²) in [7, 11) is 0. The zero-order valence-corrected chi connectivity index (χ0v) is 19.5. The number of carboxylic acid groups (broad SMARTS) is 1. The molecule has 0 saturated heterocycles. The number of carbonyl (C=O) groups excluding carboxylic acids is 3. The fourth-order valence-electron chi connectivity index (χ4n) is 2.19. The molecule has 0 unspecified atom stereocenters. The molecule has 0 aliphatic rings. The van der Waals surface area contributed by atoms with E-state index in [2.05, 4.69) is 16.0 Å². The Morgan fingerprint density at radius 2 is 1.34 bits per heavy atom. The fraction of sp³-hybridized carbons (Fsp3) is 0.765. The Hall–Kier alpha value is -1.11. The van der Waals surface area contributed by atoms with E-state index in [1.165, 1.54) is 23.5 Å². The minimum absolute atomic E-state index is 0.287. The molecule has 0 saturated carbocycles. The Bertz CT molecular complexity index is 539. The molecule has 29 heavy (non-hydrogen) atoms. The monoisotopic (exact) mass is 468 g/mol. The summed E-state index contributed by atoms with van der Waals surface area (Å²) < 4.78 is 0. The molecule has 0 aromatic carbocycles. The predicted octanol–water partition coefficient (Wildman–Crippen LogP) is -0.257. The van der Waals surface area contributed by atoms with Crippen LogP contribution in [-0.4, -0.2) is 89.5 Å². The SMILES string of the molecule is CSCC[C@H](N)C(=O)NCC(=O)N[C@H](CCSC)C(=O)N[C@H](CCSC)C(=O)O. The third kappa shape index (κ3) is 12.9. The molecule has 0 aromatic heterocycles. The zero-order chi connectivity index (χ0) is 22.2. The molecule has 3 amide bonds. The molecule has 0 rings (SSSR count). The third-order valence-electron chi connectivity index (χ3n) is 3.88. The summed E-state index contributed by atoms with van der Waals surface area (Å²) >= 11 is 4.56. The normalized spacial score (nSPS) is 13.8. The summed E-state index contributed by atoms with van der Waals surface area (Å²) in [6.45, 7) is -0.302. The van der Waals surface area contributed by atoms with Crippen molar-refractivity contribution >= 4 is 59.0 Å². The first-order valence-corrected chi connectivity index (χ1v) is 13.3. The van der Waals surface area contributed by atoms with Crippen LogP contribution in [0.2, 0.25) is 0 Å². The lowest BCUT2D eigenvalue weighted by molar-refractivity contribution is -0.142. The fourth-order valence-corrected chi connectivity index (χ4v) is 3.62. The highest BCUT2D eigenvalue weighted by Gasteiger charge is 2.26. The van der Waals surface area contributed by atoms with Gasteiger partial charge in [0.1, 0.15) is 12.1 Å². The van der Waals surface area contributed by atoms with E-state index < -0.39 is 41.8 Å². The van der Waals surface area contributed by atoms with Crippen LogP contribution in [0.15, 0.2) is 0 Å². The van der Waals surface area contributed by atoms with E-state index in [0.717, 1.165) is 5.75 Å². The summed E-state index contributed by atoms with van der Waals surface area (Å²) in [5.74, 6) is -0.707. The predicted molar refractivity (Wildman–Crippen MR) is 121 cm³/mol. The summed E-state index contributed by atoms with van der Waals surface area (Å²) in [6.07, 6.45) is 6.76. The Morgan fingerprint density at radius 3 is 1.86 bits per heavy atom. The molecule has 6 N–H and O–H groups in total. The average Bonchev–Trinajstić information content (AvgIpc) is 2.69. The molecule has 0 heterocycles. The van der Waals surface area contributed by atoms with Gasteiger partial charge in [0.25, 0.3) is 0 Å². The summed E-state index contributed by atoms with van der Waals surface area (Å²) in [4.78, 5) is 47.9. The number of hydrogen-bond acceptors (Lipinski definition) is 8. The maximum atomic E-state index is 12.5. The van der Waals surface area contributed by atoms with Gasteiger partial charge in [-0.05, 0) is 55.3 Å². The van der Waals surface area contributed by atoms with Crippen LogP contribution in [0.4, 0.5) is 0 Å². The maximum Gasteiger partial charge on any atom is 0.326 e. The topological polar surface area (TPSA) is 151 Å². The van der Waals surface area contributed by atoms with Gasteiger partial charge >= 0.3 is 5.97 Å². The smallest absolute Gasteiger partial charge is 0.326 e. The van der Waals surface area contributed by atoms with Gasteiger partial charge in [0.2, 0.25) is 17.7 Å². The lowest BCUT2D eigenvalue weighted by Gasteiger charge is -2.21. The molecule has 3 atom stereocenters. The van der Waals surface area contributed by atoms with Crippen molar-refractivity contribution in [2.45, 2.75) is 37.4 Å². The number of thioether (sulfide) groups is 3. The molecule has 0 spiro atoms. The van der Waals surface area contributed by atoms with Crippen molar-refractivity contribution in [3.05, 3.63) is 0 Å². The molecular weight excluding hydrogens is 436 g/mol. The van der Waals surface area contributed by atoms with Gasteiger partial charge in [-0.15, -0.1) is 0 Å². The van der Waals surface area contributed by atoms with Crippen LogP contribution in [0.25, 0.3) is 0 Å². The number of rotatable bonds is 16. The molecule has 0 aliphatic heterocycles.